The molecule has 2 heterocycles. The summed E-state index contributed by atoms with van der Waals surface area (Å²) in [6.07, 6.45) is 2.97. The lowest BCUT2D eigenvalue weighted by atomic mass is 9.87. The number of guanidine groups is 1. The lowest BCUT2D eigenvalue weighted by Gasteiger charge is -2.20. The minimum Gasteiger partial charge on any atom is -0.493 e. The van der Waals surface area contributed by atoms with Crippen molar-refractivity contribution in [3.8, 4) is 28.9 Å². The lowest BCUT2D eigenvalue weighted by molar-refractivity contribution is -0.117. The highest BCUT2D eigenvalue weighted by molar-refractivity contribution is 7.99. The van der Waals surface area contributed by atoms with Crippen LogP contribution in [0.5, 0.6) is 17.2 Å². The van der Waals surface area contributed by atoms with Crippen LogP contribution in [0.25, 0.3) is 11.6 Å². The number of para-hydroxylation sites is 2. The van der Waals surface area contributed by atoms with E-state index in [1.807, 2.05) is 20.8 Å². The van der Waals surface area contributed by atoms with Gasteiger partial charge in [0.05, 0.1) is 12.0 Å². The molecular weight excluding hydrogens is 605 g/mol. The number of hydrogen-bond donors (Lipinski definition) is 3. The number of carbonyl (C=O) groups excluding carboxylic acids is 1. The Kier molecular flexibility index (Phi) is 10.0. The number of nitrogens with two attached hydrogens (primary N) is 2. The number of sulfonamides is 1. The van der Waals surface area contributed by atoms with E-state index in [0.29, 0.717) is 5.75 Å². The van der Waals surface area contributed by atoms with Crippen molar-refractivity contribution in [2.24, 2.45) is 16.5 Å². The number of anilines is 1. The lowest BCUT2D eigenvalue weighted by Crippen LogP contribution is -2.24. The van der Waals surface area contributed by atoms with Gasteiger partial charge in [-0.3, -0.25) is 9.52 Å². The molecule has 0 aliphatic heterocycles. The minimum absolute atomic E-state index is 0.0156. The van der Waals surface area contributed by atoms with Crippen LogP contribution < -0.4 is 25.7 Å². The van der Waals surface area contributed by atoms with E-state index in [1.54, 1.807) is 42.5 Å². The smallest absolute Gasteiger partial charge is 0.263 e. The van der Waals surface area contributed by atoms with Gasteiger partial charge in [0.2, 0.25) is 17.5 Å². The number of thioether (sulfide) groups is 1. The zero-order valence-corrected chi connectivity index (χ0v) is 26.1. The second-order valence-corrected chi connectivity index (χ2v) is 13.0. The fraction of sp³-hybridized carbons (Fsp3) is 0.241. The highest BCUT2D eigenvalue weighted by Crippen LogP contribution is 2.41. The maximum atomic E-state index is 13.7. The first-order chi connectivity index (χ1) is 20.9. The minimum atomic E-state index is -4.17. The normalized spacial score (nSPS) is 11.5. The van der Waals surface area contributed by atoms with Crippen LogP contribution in [0.3, 0.4) is 0 Å². The Balaban J connectivity index is 1.83. The Bertz CT molecular complexity index is 1760. The summed E-state index contributed by atoms with van der Waals surface area (Å²) in [5.41, 5.74) is 11.4. The first-order valence-electron chi connectivity index (χ1n) is 13.3. The molecule has 0 fully saturated rings. The molecule has 44 heavy (non-hydrogen) atoms. The SMILES string of the molecule is COc1ccccc1Oc1c(NS(=O)(=O)c2ccc(C(C)(C)C)cc2)nc(-c2ncccn2)nc1SCCC(=O)N=C(N)N. The van der Waals surface area contributed by atoms with Crippen LogP contribution in [0.15, 0.2) is 81.9 Å². The average Bonchev–Trinajstić information content (AvgIpc) is 2.98. The Morgan fingerprint density at radius 2 is 1.61 bits per heavy atom. The molecular formula is C29H32N8O5S2. The maximum absolute atomic E-state index is 13.7. The molecule has 0 saturated carbocycles. The number of carbonyl (C=O) groups is 1. The molecule has 2 aromatic carbocycles. The number of rotatable bonds is 11. The summed E-state index contributed by atoms with van der Waals surface area (Å²) >= 11 is 1.11. The third-order valence-electron chi connectivity index (χ3n) is 5.95. The van der Waals surface area contributed by atoms with Crippen molar-refractivity contribution in [1.82, 2.24) is 19.9 Å². The summed E-state index contributed by atoms with van der Waals surface area (Å²) in [6.45, 7) is 6.11. The van der Waals surface area contributed by atoms with Crippen molar-refractivity contribution in [1.29, 1.82) is 0 Å². The second-order valence-electron chi connectivity index (χ2n) is 10.3. The van der Waals surface area contributed by atoms with Crippen LogP contribution in [0.1, 0.15) is 32.8 Å². The predicted octanol–water partition coefficient (Wildman–Crippen LogP) is 4.12. The molecule has 4 aromatic rings. The average molecular weight is 637 g/mol. The molecule has 4 rings (SSSR count). The molecule has 230 valence electrons. The number of ether oxygens (including phenoxy) is 2. The van der Waals surface area contributed by atoms with Crippen molar-refractivity contribution in [2.75, 3.05) is 17.6 Å². The Hall–Kier alpha value is -4.76. The number of benzene rings is 2. The van der Waals surface area contributed by atoms with Gasteiger partial charge in [-0.25, -0.2) is 28.4 Å². The molecule has 1 amide bonds. The van der Waals surface area contributed by atoms with Crippen molar-refractivity contribution >= 4 is 39.5 Å². The fourth-order valence-electron chi connectivity index (χ4n) is 3.77. The summed E-state index contributed by atoms with van der Waals surface area (Å²) in [4.78, 5) is 33.2. The van der Waals surface area contributed by atoms with Crippen LogP contribution in [0.4, 0.5) is 5.82 Å². The van der Waals surface area contributed by atoms with Gasteiger partial charge in [0, 0.05) is 24.6 Å². The molecule has 5 N–H and O–H groups in total. The van der Waals surface area contributed by atoms with E-state index in [0.717, 1.165) is 17.3 Å². The second kappa shape index (κ2) is 13.7. The first-order valence-corrected chi connectivity index (χ1v) is 15.7. The van der Waals surface area contributed by atoms with E-state index in [4.69, 9.17) is 20.9 Å². The number of nitrogens with one attached hydrogen (secondary N) is 1. The largest absolute Gasteiger partial charge is 0.493 e. The summed E-state index contributed by atoms with van der Waals surface area (Å²) in [6, 6.07) is 15.0. The molecule has 0 saturated heterocycles. The molecule has 0 atom stereocenters. The highest BCUT2D eigenvalue weighted by Gasteiger charge is 2.26. The van der Waals surface area contributed by atoms with Crippen molar-refractivity contribution in [3.05, 3.63) is 72.6 Å². The maximum Gasteiger partial charge on any atom is 0.263 e. The summed E-state index contributed by atoms with van der Waals surface area (Å²) in [5, 5.41) is 0.201. The molecule has 0 bridgehead atoms. The van der Waals surface area contributed by atoms with Crippen LogP contribution in [-0.4, -0.2) is 53.1 Å². The van der Waals surface area contributed by atoms with E-state index in [1.165, 1.54) is 31.6 Å². The zero-order chi connectivity index (χ0) is 31.9. The summed E-state index contributed by atoms with van der Waals surface area (Å²) < 4.78 is 41.6. The van der Waals surface area contributed by atoms with E-state index in [9.17, 15) is 13.2 Å². The Morgan fingerprint density at radius 3 is 2.23 bits per heavy atom. The van der Waals surface area contributed by atoms with Gasteiger partial charge in [-0.2, -0.15) is 4.99 Å². The van der Waals surface area contributed by atoms with Crippen molar-refractivity contribution < 1.29 is 22.7 Å². The quantitative estimate of drug-likeness (QED) is 0.0923. The molecule has 0 spiro atoms. The molecule has 0 radical (unpaired) electrons. The Morgan fingerprint density at radius 1 is 0.955 bits per heavy atom. The van der Waals surface area contributed by atoms with Gasteiger partial charge in [-0.15, -0.1) is 11.8 Å². The third-order valence-corrected chi connectivity index (χ3v) is 8.26. The monoisotopic (exact) mass is 636 g/mol. The molecule has 0 aliphatic carbocycles. The number of aliphatic imine (C=N–C) groups is 1. The number of amides is 1. The third kappa shape index (κ3) is 8.20. The van der Waals surface area contributed by atoms with Gasteiger partial charge in [0.25, 0.3) is 10.0 Å². The van der Waals surface area contributed by atoms with Crippen LogP contribution in [0, 0.1) is 0 Å². The summed E-state index contributed by atoms with van der Waals surface area (Å²) in [5.74, 6) is -0.0897. The Labute approximate surface area is 259 Å². The van der Waals surface area contributed by atoms with Gasteiger partial charge in [-0.05, 0) is 41.3 Å². The predicted molar refractivity (Wildman–Crippen MR) is 168 cm³/mol. The fourth-order valence-corrected chi connectivity index (χ4v) is 5.67. The molecule has 0 unspecified atom stereocenters. The van der Waals surface area contributed by atoms with Crippen LogP contribution in [-0.2, 0) is 20.2 Å². The topological polar surface area (TPSA) is 198 Å². The van der Waals surface area contributed by atoms with Crippen molar-refractivity contribution in [3.63, 3.8) is 0 Å². The van der Waals surface area contributed by atoms with Gasteiger partial charge >= 0.3 is 0 Å². The standard InChI is InChI=1S/C29H32N8O5S2/c1-29(2,3)18-10-12-19(13-11-18)44(39,40)37-24-23(42-21-9-6-5-8-20(21)41-4)27(43-17-14-22(38)34-28(30)31)36-26(35-24)25-32-15-7-16-33-25/h5-13,15-16H,14,17H2,1-4H3,(H,35,36,37)(H4,30,31,34,38). The first kappa shape index (κ1) is 32.2. The number of nitrogens with zero attached hydrogens (tertiary/aromatic N) is 5. The van der Waals surface area contributed by atoms with Crippen molar-refractivity contribution in [2.45, 2.75) is 42.5 Å². The van der Waals surface area contributed by atoms with Gasteiger partial charge in [-0.1, -0.05) is 45.0 Å². The van der Waals surface area contributed by atoms with Gasteiger partial charge in [0.15, 0.2) is 29.1 Å². The number of aromatic nitrogens is 4. The molecule has 0 aliphatic rings. The van der Waals surface area contributed by atoms with Gasteiger partial charge < -0.3 is 20.9 Å². The highest BCUT2D eigenvalue weighted by atomic mass is 32.2. The molecule has 15 heteroatoms. The van der Waals surface area contributed by atoms with Crippen LogP contribution >= 0.6 is 11.8 Å². The number of methoxy groups -OCH3 is 1. The number of hydrogen-bond acceptors (Lipinski definition) is 10. The molecule has 2 aromatic heterocycles. The van der Waals surface area contributed by atoms with E-state index < -0.39 is 15.9 Å². The van der Waals surface area contributed by atoms with E-state index in [-0.39, 0.29) is 62.4 Å². The summed E-state index contributed by atoms with van der Waals surface area (Å²) in [7, 11) is -2.69. The zero-order valence-electron chi connectivity index (χ0n) is 24.5. The molecule has 13 nitrogen and oxygen atoms in total. The van der Waals surface area contributed by atoms with E-state index >= 15 is 0 Å². The van der Waals surface area contributed by atoms with E-state index in [2.05, 4.69) is 29.7 Å². The van der Waals surface area contributed by atoms with Crippen LogP contribution in [0.2, 0.25) is 0 Å². The van der Waals surface area contributed by atoms with Gasteiger partial charge in [0.1, 0.15) is 5.03 Å².